The quantitative estimate of drug-likeness (QED) is 0.422. The molecule has 0 amide bonds. The second-order valence-electron chi connectivity index (χ2n) is 6.10. The Morgan fingerprint density at radius 2 is 2.04 bits per heavy atom. The third-order valence-corrected chi connectivity index (χ3v) is 4.57. The van der Waals surface area contributed by atoms with Gasteiger partial charge < -0.3 is 4.42 Å². The summed E-state index contributed by atoms with van der Waals surface area (Å²) in [5.41, 5.74) is 4.61. The molecule has 0 atom stereocenters. The molecule has 0 spiro atoms. The summed E-state index contributed by atoms with van der Waals surface area (Å²) in [7, 11) is 0. The number of benzene rings is 2. The third-order valence-electron chi connectivity index (χ3n) is 4.57. The van der Waals surface area contributed by atoms with Crippen molar-refractivity contribution in [3.63, 3.8) is 0 Å². The first-order chi connectivity index (χ1) is 12.2. The molecule has 0 unspecified atom stereocenters. The van der Waals surface area contributed by atoms with E-state index in [1.165, 1.54) is 0 Å². The Morgan fingerprint density at radius 3 is 2.84 bits per heavy atom. The molecule has 0 aliphatic rings. The number of nitrogens with zero attached hydrogens (tertiary/aromatic N) is 2. The van der Waals surface area contributed by atoms with Crippen LogP contribution in [0.5, 0.6) is 0 Å². The molecule has 0 fully saturated rings. The van der Waals surface area contributed by atoms with E-state index in [0.717, 1.165) is 34.0 Å². The summed E-state index contributed by atoms with van der Waals surface area (Å²) in [4.78, 5) is 12.0. The molecule has 0 bridgehead atoms. The Hall–Kier alpha value is -3.14. The smallest absolute Gasteiger partial charge is 0.336 e. The predicted molar refractivity (Wildman–Crippen MR) is 99.5 cm³/mol. The zero-order valence-electron chi connectivity index (χ0n) is 14.1. The highest BCUT2D eigenvalue weighted by molar-refractivity contribution is 5.81. The number of hydrogen-bond acceptors (Lipinski definition) is 2. The molecule has 2 heterocycles. The number of rotatable bonds is 4. The van der Waals surface area contributed by atoms with Gasteiger partial charge in [0.05, 0.1) is 6.20 Å². The van der Waals surface area contributed by atoms with Crippen molar-refractivity contribution in [3.8, 4) is 0 Å². The molecule has 4 nitrogen and oxygen atoms in total. The molecule has 25 heavy (non-hydrogen) atoms. The highest BCUT2D eigenvalue weighted by atomic mass is 16.4. The van der Waals surface area contributed by atoms with Crippen molar-refractivity contribution < 1.29 is 8.98 Å². The summed E-state index contributed by atoms with van der Waals surface area (Å²) in [6.45, 7) is 6.55. The topological polar surface area (TPSA) is 39.0 Å². The van der Waals surface area contributed by atoms with Gasteiger partial charge >= 0.3 is 5.63 Å². The summed E-state index contributed by atoms with van der Waals surface area (Å²) < 4.78 is 9.52. The van der Waals surface area contributed by atoms with Gasteiger partial charge in [0.2, 0.25) is 6.33 Å². The zero-order chi connectivity index (χ0) is 17.4. The van der Waals surface area contributed by atoms with E-state index in [1.807, 2.05) is 35.2 Å². The third kappa shape index (κ3) is 2.66. The average molecular weight is 331 g/mol. The first-order valence-corrected chi connectivity index (χ1v) is 8.37. The molecule has 124 valence electrons. The van der Waals surface area contributed by atoms with Gasteiger partial charge in [-0.25, -0.2) is 13.9 Å². The van der Waals surface area contributed by atoms with E-state index in [1.54, 1.807) is 12.3 Å². The van der Waals surface area contributed by atoms with Gasteiger partial charge in [-0.2, -0.15) is 0 Å². The van der Waals surface area contributed by atoms with Crippen LogP contribution in [-0.2, 0) is 13.0 Å². The van der Waals surface area contributed by atoms with E-state index >= 15 is 0 Å². The van der Waals surface area contributed by atoms with Gasteiger partial charge in [-0.15, -0.1) is 0 Å². The molecule has 0 aliphatic carbocycles. The Labute approximate surface area is 145 Å². The fraction of sp³-hybridized carbons (Fsp3) is 0.143. The van der Waals surface area contributed by atoms with Crippen LogP contribution >= 0.6 is 0 Å². The van der Waals surface area contributed by atoms with Crippen molar-refractivity contribution in [1.29, 1.82) is 0 Å². The van der Waals surface area contributed by atoms with E-state index in [0.29, 0.717) is 12.1 Å². The SMILES string of the molecule is C=Cn1c[n+](Cc2cc(=O)oc3cc(CC)ccc23)c2ccccc21. The fourth-order valence-corrected chi connectivity index (χ4v) is 3.28. The first kappa shape index (κ1) is 15.4. The number of aromatic nitrogens is 2. The Bertz CT molecular complexity index is 1150. The van der Waals surface area contributed by atoms with E-state index in [9.17, 15) is 4.79 Å². The maximum Gasteiger partial charge on any atom is 0.336 e. The Morgan fingerprint density at radius 1 is 1.20 bits per heavy atom. The lowest BCUT2D eigenvalue weighted by molar-refractivity contribution is -0.662. The van der Waals surface area contributed by atoms with Crippen molar-refractivity contribution in [2.24, 2.45) is 0 Å². The van der Waals surface area contributed by atoms with Crippen molar-refractivity contribution in [3.05, 3.63) is 83.0 Å². The minimum atomic E-state index is -0.316. The summed E-state index contributed by atoms with van der Waals surface area (Å²) in [6, 6.07) is 15.8. The van der Waals surface area contributed by atoms with Gasteiger partial charge in [0.1, 0.15) is 12.1 Å². The monoisotopic (exact) mass is 331 g/mol. The predicted octanol–water partition coefficient (Wildman–Crippen LogP) is 3.75. The van der Waals surface area contributed by atoms with Gasteiger partial charge in [0, 0.05) is 17.0 Å². The minimum Gasteiger partial charge on any atom is -0.423 e. The number of aryl methyl sites for hydroxylation is 1. The molecular formula is C21H19N2O2+. The largest absolute Gasteiger partial charge is 0.423 e. The summed E-state index contributed by atoms with van der Waals surface area (Å²) in [6.07, 6.45) is 4.69. The van der Waals surface area contributed by atoms with Gasteiger partial charge in [-0.3, -0.25) is 0 Å². The van der Waals surface area contributed by atoms with E-state index in [4.69, 9.17) is 4.42 Å². The fourth-order valence-electron chi connectivity index (χ4n) is 3.28. The minimum absolute atomic E-state index is 0.316. The lowest BCUT2D eigenvalue weighted by atomic mass is 10.1. The van der Waals surface area contributed by atoms with Crippen LogP contribution < -0.4 is 10.2 Å². The van der Waals surface area contributed by atoms with Crippen LogP contribution in [0, 0.1) is 0 Å². The standard InChI is InChI=1S/C21H19N2O2/c1-3-15-9-10-17-16(12-21(24)25-20(17)11-15)13-23-14-22(4-2)18-7-5-6-8-19(18)23/h4-12,14H,2-3,13H2,1H3/q+1. The molecule has 4 aromatic rings. The molecule has 0 saturated heterocycles. The van der Waals surface area contributed by atoms with E-state index < -0.39 is 0 Å². The normalized spacial score (nSPS) is 11.2. The molecule has 0 aliphatic heterocycles. The molecule has 0 saturated carbocycles. The van der Waals surface area contributed by atoms with Crippen LogP contribution in [0.15, 0.2) is 70.6 Å². The second kappa shape index (κ2) is 6.06. The van der Waals surface area contributed by atoms with Gasteiger partial charge in [0.25, 0.3) is 0 Å². The number of imidazole rings is 1. The lowest BCUT2D eigenvalue weighted by Crippen LogP contribution is -2.33. The molecular weight excluding hydrogens is 312 g/mol. The first-order valence-electron chi connectivity index (χ1n) is 8.37. The van der Waals surface area contributed by atoms with Crippen molar-refractivity contribution in [2.75, 3.05) is 0 Å². The van der Waals surface area contributed by atoms with Crippen molar-refractivity contribution >= 4 is 28.2 Å². The van der Waals surface area contributed by atoms with E-state index in [-0.39, 0.29) is 5.63 Å². The Kier molecular flexibility index (Phi) is 3.73. The molecule has 2 aromatic heterocycles. The van der Waals surface area contributed by atoms with Crippen LogP contribution in [0.25, 0.3) is 28.2 Å². The second-order valence-corrected chi connectivity index (χ2v) is 6.10. The van der Waals surface area contributed by atoms with Crippen LogP contribution in [0.2, 0.25) is 0 Å². The maximum atomic E-state index is 12.0. The summed E-state index contributed by atoms with van der Waals surface area (Å²) in [5.74, 6) is 0. The van der Waals surface area contributed by atoms with Crippen LogP contribution in [0.4, 0.5) is 0 Å². The maximum absolute atomic E-state index is 12.0. The lowest BCUT2D eigenvalue weighted by Gasteiger charge is -2.05. The van der Waals surface area contributed by atoms with Gasteiger partial charge in [-0.05, 0) is 30.2 Å². The van der Waals surface area contributed by atoms with Crippen LogP contribution in [-0.4, -0.2) is 4.57 Å². The van der Waals surface area contributed by atoms with Crippen molar-refractivity contribution in [2.45, 2.75) is 19.9 Å². The average Bonchev–Trinajstić information content (AvgIpc) is 2.99. The molecule has 4 heteroatoms. The number of fused-ring (bicyclic) bond motifs is 2. The molecule has 4 rings (SSSR count). The zero-order valence-corrected chi connectivity index (χ0v) is 14.1. The van der Waals surface area contributed by atoms with Gasteiger partial charge in [0.15, 0.2) is 11.0 Å². The summed E-state index contributed by atoms with van der Waals surface area (Å²) >= 11 is 0. The highest BCUT2D eigenvalue weighted by Crippen LogP contribution is 2.20. The number of hydrogen-bond donors (Lipinski definition) is 0. The van der Waals surface area contributed by atoms with Crippen LogP contribution in [0.1, 0.15) is 18.1 Å². The number of para-hydroxylation sites is 2. The molecule has 0 radical (unpaired) electrons. The summed E-state index contributed by atoms with van der Waals surface area (Å²) in [5, 5.41) is 0.972. The molecule has 2 aromatic carbocycles. The highest BCUT2D eigenvalue weighted by Gasteiger charge is 2.16. The van der Waals surface area contributed by atoms with E-state index in [2.05, 4.69) is 36.3 Å². The van der Waals surface area contributed by atoms with Crippen molar-refractivity contribution in [1.82, 2.24) is 4.57 Å². The Balaban J connectivity index is 1.89. The molecule has 0 N–H and O–H groups in total. The van der Waals surface area contributed by atoms with Gasteiger partial charge in [-0.1, -0.05) is 37.8 Å². The van der Waals surface area contributed by atoms with Crippen LogP contribution in [0.3, 0.4) is 0 Å².